The highest BCUT2D eigenvalue weighted by molar-refractivity contribution is 5.91. The molecule has 0 radical (unpaired) electrons. The van der Waals surface area contributed by atoms with Crippen molar-refractivity contribution in [2.75, 3.05) is 6.61 Å². The first-order chi connectivity index (χ1) is 15.8. The summed E-state index contributed by atoms with van der Waals surface area (Å²) in [6.45, 7) is -0.822. The normalized spacial score (nSPS) is 15.1. The van der Waals surface area contributed by atoms with Crippen LogP contribution in [0.5, 0.6) is 0 Å². The Morgan fingerprint density at radius 1 is 0.848 bits per heavy atom. The Balaban J connectivity index is 1.49. The summed E-state index contributed by atoms with van der Waals surface area (Å²) in [6, 6.07) is 15.9. The van der Waals surface area contributed by atoms with Gasteiger partial charge in [-0.3, -0.25) is 4.79 Å². The Morgan fingerprint density at radius 2 is 1.42 bits per heavy atom. The van der Waals surface area contributed by atoms with Crippen LogP contribution in [-0.4, -0.2) is 30.3 Å². The van der Waals surface area contributed by atoms with Crippen LogP contribution in [0.25, 0.3) is 0 Å². The van der Waals surface area contributed by atoms with Crippen molar-refractivity contribution in [2.45, 2.75) is 57.1 Å². The van der Waals surface area contributed by atoms with Crippen molar-refractivity contribution < 1.29 is 27.5 Å². The van der Waals surface area contributed by atoms with Crippen LogP contribution in [0.15, 0.2) is 54.6 Å². The van der Waals surface area contributed by atoms with E-state index >= 15 is 0 Å². The van der Waals surface area contributed by atoms with E-state index in [4.69, 9.17) is 0 Å². The smallest absolute Gasteiger partial charge is 0.367 e. The van der Waals surface area contributed by atoms with E-state index in [0.717, 1.165) is 24.0 Å². The zero-order chi connectivity index (χ0) is 23.7. The molecule has 2 aromatic carbocycles. The molecule has 1 saturated carbocycles. The zero-order valence-corrected chi connectivity index (χ0v) is 18.2. The van der Waals surface area contributed by atoms with E-state index in [0.29, 0.717) is 24.9 Å². The van der Waals surface area contributed by atoms with Crippen molar-refractivity contribution in [1.29, 1.82) is 0 Å². The standard InChI is InChI=1S/C24H28F3N3O3/c25-24(26,27)17-33-16-20-10-8-19(9-11-20)14-28-21(31)23(12-4-5-13-23)30-22(32)29-15-18-6-2-1-3-7-18/h1-3,6-11H,4-5,12-17H2,(H,28,31)(H2,29,30,32). The van der Waals surface area contributed by atoms with Gasteiger partial charge in [0.2, 0.25) is 5.91 Å². The van der Waals surface area contributed by atoms with Gasteiger partial charge in [0.15, 0.2) is 0 Å². The number of amides is 3. The Kier molecular flexibility index (Phi) is 8.32. The monoisotopic (exact) mass is 463 g/mol. The predicted molar refractivity (Wildman–Crippen MR) is 117 cm³/mol. The summed E-state index contributed by atoms with van der Waals surface area (Å²) in [5.41, 5.74) is 1.42. The second-order valence-electron chi connectivity index (χ2n) is 8.19. The molecule has 3 rings (SSSR count). The van der Waals surface area contributed by atoms with E-state index < -0.39 is 18.3 Å². The molecule has 3 amide bonds. The molecule has 0 aliphatic heterocycles. The molecule has 1 fully saturated rings. The van der Waals surface area contributed by atoms with Crippen molar-refractivity contribution in [3.63, 3.8) is 0 Å². The van der Waals surface area contributed by atoms with Gasteiger partial charge in [0, 0.05) is 13.1 Å². The largest absolute Gasteiger partial charge is 0.411 e. The van der Waals surface area contributed by atoms with Crippen LogP contribution in [0.4, 0.5) is 18.0 Å². The van der Waals surface area contributed by atoms with Crippen LogP contribution in [-0.2, 0) is 29.2 Å². The highest BCUT2D eigenvalue weighted by Crippen LogP contribution is 2.30. The highest BCUT2D eigenvalue weighted by Gasteiger charge is 2.42. The first-order valence-electron chi connectivity index (χ1n) is 10.9. The Morgan fingerprint density at radius 3 is 2.06 bits per heavy atom. The lowest BCUT2D eigenvalue weighted by molar-refractivity contribution is -0.176. The van der Waals surface area contributed by atoms with Crippen LogP contribution >= 0.6 is 0 Å². The molecule has 0 bridgehead atoms. The summed E-state index contributed by atoms with van der Waals surface area (Å²) in [6.07, 6.45) is -1.54. The van der Waals surface area contributed by atoms with Crippen LogP contribution < -0.4 is 16.0 Å². The second kappa shape index (κ2) is 11.2. The maximum Gasteiger partial charge on any atom is 0.411 e. The molecule has 33 heavy (non-hydrogen) atoms. The molecule has 6 nitrogen and oxygen atoms in total. The van der Waals surface area contributed by atoms with Crippen molar-refractivity contribution in [2.24, 2.45) is 0 Å². The predicted octanol–water partition coefficient (Wildman–Crippen LogP) is 4.19. The van der Waals surface area contributed by atoms with Crippen molar-refractivity contribution in [3.05, 3.63) is 71.3 Å². The SMILES string of the molecule is O=C(NCc1ccccc1)NC1(C(=O)NCc2ccc(COCC(F)(F)F)cc2)CCCC1. The zero-order valence-electron chi connectivity index (χ0n) is 18.2. The molecule has 178 valence electrons. The molecule has 0 spiro atoms. The van der Waals surface area contributed by atoms with E-state index in [1.807, 2.05) is 30.3 Å². The Hall–Kier alpha value is -3.07. The average Bonchev–Trinajstić information content (AvgIpc) is 3.26. The number of ether oxygens (including phenoxy) is 1. The fourth-order valence-electron chi connectivity index (χ4n) is 3.82. The summed E-state index contributed by atoms with van der Waals surface area (Å²) >= 11 is 0. The van der Waals surface area contributed by atoms with Gasteiger partial charge in [0.25, 0.3) is 0 Å². The number of hydrogen-bond acceptors (Lipinski definition) is 3. The highest BCUT2D eigenvalue weighted by atomic mass is 19.4. The third-order valence-corrected chi connectivity index (χ3v) is 5.55. The molecule has 0 heterocycles. The fourth-order valence-corrected chi connectivity index (χ4v) is 3.82. The number of rotatable bonds is 9. The van der Waals surface area contributed by atoms with Crippen LogP contribution in [0.3, 0.4) is 0 Å². The quantitative estimate of drug-likeness (QED) is 0.522. The van der Waals surface area contributed by atoms with Gasteiger partial charge in [-0.15, -0.1) is 0 Å². The number of alkyl halides is 3. The molecule has 0 unspecified atom stereocenters. The first-order valence-corrected chi connectivity index (χ1v) is 10.9. The average molecular weight is 464 g/mol. The number of carbonyl (C=O) groups excluding carboxylic acids is 2. The molecule has 9 heteroatoms. The summed E-state index contributed by atoms with van der Waals surface area (Å²) in [4.78, 5) is 25.4. The van der Waals surface area contributed by atoms with Crippen LogP contribution in [0.1, 0.15) is 42.4 Å². The maximum absolute atomic E-state index is 13.0. The summed E-state index contributed by atoms with van der Waals surface area (Å²) in [5.74, 6) is -0.243. The number of carbonyl (C=O) groups is 2. The Bertz CT molecular complexity index is 912. The minimum atomic E-state index is -4.35. The van der Waals surface area contributed by atoms with Gasteiger partial charge in [0.05, 0.1) is 6.61 Å². The Labute approximate surface area is 190 Å². The van der Waals surface area contributed by atoms with Gasteiger partial charge >= 0.3 is 12.2 Å². The lowest BCUT2D eigenvalue weighted by Crippen LogP contribution is -2.59. The van der Waals surface area contributed by atoms with Crippen molar-refractivity contribution >= 4 is 11.9 Å². The van der Waals surface area contributed by atoms with E-state index in [1.54, 1.807) is 24.3 Å². The molecular weight excluding hydrogens is 435 g/mol. The topological polar surface area (TPSA) is 79.5 Å². The summed E-state index contributed by atoms with van der Waals surface area (Å²) in [5, 5.41) is 8.55. The van der Waals surface area contributed by atoms with E-state index in [-0.39, 0.29) is 25.1 Å². The van der Waals surface area contributed by atoms with Gasteiger partial charge in [-0.2, -0.15) is 13.2 Å². The summed E-state index contributed by atoms with van der Waals surface area (Å²) < 4.78 is 41.1. The number of halogens is 3. The third-order valence-electron chi connectivity index (χ3n) is 5.55. The molecule has 0 aromatic heterocycles. The van der Waals surface area contributed by atoms with Crippen LogP contribution in [0, 0.1) is 0 Å². The molecule has 2 aromatic rings. The van der Waals surface area contributed by atoms with Gasteiger partial charge in [-0.25, -0.2) is 4.79 Å². The van der Waals surface area contributed by atoms with Crippen LogP contribution in [0.2, 0.25) is 0 Å². The van der Waals surface area contributed by atoms with E-state index in [1.165, 1.54) is 0 Å². The number of urea groups is 1. The molecule has 3 N–H and O–H groups in total. The number of benzene rings is 2. The molecular formula is C24H28F3N3O3. The maximum atomic E-state index is 13.0. The van der Waals surface area contributed by atoms with Gasteiger partial charge in [-0.1, -0.05) is 67.4 Å². The minimum absolute atomic E-state index is 0.142. The van der Waals surface area contributed by atoms with Crippen molar-refractivity contribution in [1.82, 2.24) is 16.0 Å². The fraction of sp³-hybridized carbons (Fsp3) is 0.417. The van der Waals surface area contributed by atoms with Gasteiger partial charge in [0.1, 0.15) is 12.1 Å². The van der Waals surface area contributed by atoms with E-state index in [2.05, 4.69) is 20.7 Å². The molecule has 0 atom stereocenters. The molecule has 1 aliphatic carbocycles. The lowest BCUT2D eigenvalue weighted by Gasteiger charge is -2.29. The lowest BCUT2D eigenvalue weighted by atomic mass is 9.96. The minimum Gasteiger partial charge on any atom is -0.367 e. The van der Waals surface area contributed by atoms with Gasteiger partial charge in [-0.05, 0) is 29.5 Å². The molecule has 1 aliphatic rings. The van der Waals surface area contributed by atoms with Crippen molar-refractivity contribution in [3.8, 4) is 0 Å². The second-order valence-corrected chi connectivity index (χ2v) is 8.19. The summed E-state index contributed by atoms with van der Waals surface area (Å²) in [7, 11) is 0. The molecule has 0 saturated heterocycles. The first kappa shape index (κ1) is 24.6. The number of hydrogen-bond donors (Lipinski definition) is 3. The van der Waals surface area contributed by atoms with Gasteiger partial charge < -0.3 is 20.7 Å². The number of nitrogens with one attached hydrogen (secondary N) is 3. The third kappa shape index (κ3) is 7.78. The van der Waals surface area contributed by atoms with E-state index in [9.17, 15) is 22.8 Å².